The summed E-state index contributed by atoms with van der Waals surface area (Å²) < 4.78 is 21.8. The molecule has 7 nitrogen and oxygen atoms in total. The van der Waals surface area contributed by atoms with Gasteiger partial charge in [0, 0.05) is 18.1 Å². The van der Waals surface area contributed by atoms with E-state index < -0.39 is 0 Å². The van der Waals surface area contributed by atoms with E-state index in [2.05, 4.69) is 0 Å². The topological polar surface area (TPSA) is 69.6 Å². The van der Waals surface area contributed by atoms with Crippen LogP contribution >= 0.6 is 11.6 Å². The Hall–Kier alpha value is -3.71. The average Bonchev–Trinajstić information content (AvgIpc) is 3.33. The minimum absolute atomic E-state index is 0.298. The van der Waals surface area contributed by atoms with Gasteiger partial charge in [-0.15, -0.1) is 0 Å². The standard InChI is InChI=1S/C26H25ClN2O5/c1-31-17-10-11-19(24(14-17)33-3)21-15-22(16-9-12-23(32-2)25(13-16)34-4)29(28-21)26(30)18-7-5-6-8-20(18)27/h5-14,22H,15H2,1-4H3. The van der Waals surface area contributed by atoms with Gasteiger partial charge in [0.2, 0.25) is 0 Å². The lowest BCUT2D eigenvalue weighted by atomic mass is 9.97. The van der Waals surface area contributed by atoms with Gasteiger partial charge in [0.1, 0.15) is 11.5 Å². The van der Waals surface area contributed by atoms with Gasteiger partial charge < -0.3 is 18.9 Å². The second-order valence-corrected chi connectivity index (χ2v) is 7.98. The van der Waals surface area contributed by atoms with Crippen molar-refractivity contribution in [3.8, 4) is 23.0 Å². The van der Waals surface area contributed by atoms with Gasteiger partial charge in [0.25, 0.3) is 5.91 Å². The predicted octanol–water partition coefficient (Wildman–Crippen LogP) is 5.37. The first-order chi connectivity index (χ1) is 16.5. The summed E-state index contributed by atoms with van der Waals surface area (Å²) in [5, 5.41) is 6.58. The lowest BCUT2D eigenvalue weighted by molar-refractivity contribution is 0.0711. The van der Waals surface area contributed by atoms with Crippen molar-refractivity contribution in [1.82, 2.24) is 5.01 Å². The molecular formula is C26H25ClN2O5. The van der Waals surface area contributed by atoms with E-state index in [1.165, 1.54) is 5.01 Å². The molecule has 176 valence electrons. The molecule has 0 N–H and O–H groups in total. The highest BCUT2D eigenvalue weighted by Crippen LogP contribution is 2.40. The number of benzene rings is 3. The van der Waals surface area contributed by atoms with Crippen LogP contribution in [0.4, 0.5) is 0 Å². The maximum atomic E-state index is 13.6. The number of halogens is 1. The van der Waals surface area contributed by atoms with Crippen molar-refractivity contribution in [2.45, 2.75) is 12.5 Å². The molecule has 3 aromatic carbocycles. The number of ether oxygens (including phenoxy) is 4. The second kappa shape index (κ2) is 10.1. The van der Waals surface area contributed by atoms with Crippen molar-refractivity contribution in [3.05, 3.63) is 82.4 Å². The van der Waals surface area contributed by atoms with E-state index in [-0.39, 0.29) is 11.9 Å². The van der Waals surface area contributed by atoms with E-state index in [0.29, 0.717) is 45.7 Å². The lowest BCUT2D eigenvalue weighted by Gasteiger charge is -2.23. The van der Waals surface area contributed by atoms with Crippen molar-refractivity contribution in [1.29, 1.82) is 0 Å². The minimum atomic E-state index is -0.384. The fourth-order valence-electron chi connectivity index (χ4n) is 3.98. The highest BCUT2D eigenvalue weighted by Gasteiger charge is 2.35. The Bertz CT molecular complexity index is 1240. The van der Waals surface area contributed by atoms with Gasteiger partial charge in [-0.1, -0.05) is 29.8 Å². The molecule has 0 radical (unpaired) electrons. The maximum absolute atomic E-state index is 13.6. The van der Waals surface area contributed by atoms with Gasteiger partial charge in [-0.2, -0.15) is 5.10 Å². The summed E-state index contributed by atoms with van der Waals surface area (Å²) >= 11 is 6.35. The van der Waals surface area contributed by atoms with E-state index in [9.17, 15) is 4.79 Å². The molecule has 1 atom stereocenters. The highest BCUT2D eigenvalue weighted by atomic mass is 35.5. The Morgan fingerprint density at radius 1 is 0.882 bits per heavy atom. The molecule has 1 unspecified atom stereocenters. The first-order valence-electron chi connectivity index (χ1n) is 10.6. The van der Waals surface area contributed by atoms with Crippen LogP contribution in [-0.4, -0.2) is 45.1 Å². The van der Waals surface area contributed by atoms with Crippen LogP contribution in [0.15, 0.2) is 65.8 Å². The monoisotopic (exact) mass is 480 g/mol. The Kier molecular flexibility index (Phi) is 6.93. The van der Waals surface area contributed by atoms with Crippen LogP contribution in [0.25, 0.3) is 0 Å². The van der Waals surface area contributed by atoms with Gasteiger partial charge >= 0.3 is 0 Å². The van der Waals surface area contributed by atoms with Gasteiger partial charge in [-0.25, -0.2) is 5.01 Å². The maximum Gasteiger partial charge on any atom is 0.276 e. The van der Waals surface area contributed by atoms with Crippen LogP contribution < -0.4 is 18.9 Å². The Morgan fingerprint density at radius 2 is 1.62 bits per heavy atom. The van der Waals surface area contributed by atoms with Gasteiger partial charge in [0.15, 0.2) is 11.5 Å². The molecule has 0 fully saturated rings. The molecule has 3 aromatic rings. The first-order valence-corrected chi connectivity index (χ1v) is 11.0. The molecule has 0 aliphatic carbocycles. The molecule has 0 saturated heterocycles. The molecule has 34 heavy (non-hydrogen) atoms. The molecule has 1 aliphatic heterocycles. The molecule has 0 bridgehead atoms. The summed E-state index contributed by atoms with van der Waals surface area (Å²) in [6, 6.07) is 17.7. The van der Waals surface area contributed by atoms with Crippen LogP contribution in [0.1, 0.15) is 33.9 Å². The fraction of sp³-hybridized carbons (Fsp3) is 0.231. The molecule has 0 spiro atoms. The number of nitrogens with zero attached hydrogens (tertiary/aromatic N) is 2. The molecule has 0 saturated carbocycles. The van der Waals surface area contributed by atoms with Gasteiger partial charge in [0.05, 0.1) is 50.8 Å². The van der Waals surface area contributed by atoms with E-state index in [0.717, 1.165) is 11.1 Å². The zero-order valence-electron chi connectivity index (χ0n) is 19.4. The lowest BCUT2D eigenvalue weighted by Crippen LogP contribution is -2.27. The van der Waals surface area contributed by atoms with Crippen molar-refractivity contribution in [3.63, 3.8) is 0 Å². The van der Waals surface area contributed by atoms with Crippen LogP contribution in [0.5, 0.6) is 23.0 Å². The third kappa shape index (κ3) is 4.39. The van der Waals surface area contributed by atoms with Crippen LogP contribution in [0.2, 0.25) is 5.02 Å². The number of rotatable bonds is 7. The quantitative estimate of drug-likeness (QED) is 0.455. The molecule has 1 amide bonds. The van der Waals surface area contributed by atoms with Gasteiger partial charge in [-0.3, -0.25) is 4.79 Å². The summed E-state index contributed by atoms with van der Waals surface area (Å²) in [7, 11) is 6.34. The summed E-state index contributed by atoms with van der Waals surface area (Å²) in [6.45, 7) is 0. The van der Waals surface area contributed by atoms with Crippen molar-refractivity contribution >= 4 is 23.2 Å². The number of hydrazone groups is 1. The average molecular weight is 481 g/mol. The SMILES string of the molecule is COc1ccc(C2=NN(C(=O)c3ccccc3Cl)C(c3ccc(OC)c(OC)c3)C2)c(OC)c1. The summed E-state index contributed by atoms with van der Waals surface area (Å²) in [6.07, 6.45) is 0.467. The van der Waals surface area contributed by atoms with Crippen LogP contribution in [-0.2, 0) is 0 Å². The van der Waals surface area contributed by atoms with Crippen LogP contribution in [0, 0.1) is 0 Å². The Morgan fingerprint density at radius 3 is 2.29 bits per heavy atom. The third-order valence-electron chi connectivity index (χ3n) is 5.73. The fourth-order valence-corrected chi connectivity index (χ4v) is 4.19. The first kappa shape index (κ1) is 23.4. The molecule has 0 aromatic heterocycles. The van der Waals surface area contributed by atoms with Crippen molar-refractivity contribution in [2.75, 3.05) is 28.4 Å². The predicted molar refractivity (Wildman–Crippen MR) is 131 cm³/mol. The number of methoxy groups -OCH3 is 4. The van der Waals surface area contributed by atoms with E-state index in [1.807, 2.05) is 30.3 Å². The number of carbonyl (C=O) groups excluding carboxylic acids is 1. The highest BCUT2D eigenvalue weighted by molar-refractivity contribution is 6.33. The van der Waals surface area contributed by atoms with Crippen LogP contribution in [0.3, 0.4) is 0 Å². The minimum Gasteiger partial charge on any atom is -0.497 e. The van der Waals surface area contributed by atoms with E-state index in [1.54, 1.807) is 58.8 Å². The number of carbonyl (C=O) groups is 1. The zero-order chi connectivity index (χ0) is 24.2. The smallest absolute Gasteiger partial charge is 0.276 e. The molecule has 4 rings (SSSR count). The number of hydrogen-bond donors (Lipinski definition) is 0. The summed E-state index contributed by atoms with van der Waals surface area (Å²) in [4.78, 5) is 13.6. The molecule has 1 heterocycles. The second-order valence-electron chi connectivity index (χ2n) is 7.58. The normalized spacial score (nSPS) is 15.0. The third-order valence-corrected chi connectivity index (χ3v) is 6.06. The van der Waals surface area contributed by atoms with Gasteiger partial charge in [-0.05, 0) is 42.0 Å². The van der Waals surface area contributed by atoms with E-state index >= 15 is 0 Å². The Labute approximate surface area is 203 Å². The van der Waals surface area contributed by atoms with Crippen molar-refractivity contribution in [2.24, 2.45) is 5.10 Å². The Balaban J connectivity index is 1.80. The molecular weight excluding hydrogens is 456 g/mol. The zero-order valence-corrected chi connectivity index (χ0v) is 20.1. The largest absolute Gasteiger partial charge is 0.497 e. The van der Waals surface area contributed by atoms with Crippen molar-refractivity contribution < 1.29 is 23.7 Å². The summed E-state index contributed by atoms with van der Waals surface area (Å²) in [5.41, 5.74) is 2.72. The number of hydrogen-bond acceptors (Lipinski definition) is 6. The molecule has 8 heteroatoms. The molecule has 1 aliphatic rings. The summed E-state index contributed by atoms with van der Waals surface area (Å²) in [5.74, 6) is 2.15. The van der Waals surface area contributed by atoms with E-state index in [4.69, 9.17) is 35.6 Å². The number of amides is 1.